The molecule has 0 atom stereocenters. The van der Waals surface area contributed by atoms with Crippen LogP contribution < -0.4 is 11.1 Å². The van der Waals surface area contributed by atoms with Gasteiger partial charge in [-0.15, -0.1) is 0 Å². The number of amides is 2. The second kappa shape index (κ2) is 7.32. The number of hydrogen-bond donors (Lipinski definition) is 2. The van der Waals surface area contributed by atoms with Gasteiger partial charge >= 0.3 is 0 Å². The lowest BCUT2D eigenvalue weighted by Crippen LogP contribution is -2.31. The molecule has 5 heteroatoms. The van der Waals surface area contributed by atoms with Crippen molar-refractivity contribution >= 4 is 11.8 Å². The van der Waals surface area contributed by atoms with E-state index in [9.17, 15) is 9.59 Å². The van der Waals surface area contributed by atoms with Crippen LogP contribution >= 0.6 is 0 Å². The molecule has 0 aliphatic carbocycles. The van der Waals surface area contributed by atoms with Crippen LogP contribution in [0.25, 0.3) is 0 Å². The second-order valence-corrected chi connectivity index (χ2v) is 3.13. The minimum Gasteiger partial charge on any atom is -0.359 e. The van der Waals surface area contributed by atoms with E-state index in [1.54, 1.807) is 19.0 Å². The molecule has 14 heavy (non-hydrogen) atoms. The molecule has 0 aliphatic rings. The highest BCUT2D eigenvalue weighted by atomic mass is 16.2. The average Bonchev–Trinajstić information content (AvgIpc) is 2.21. The predicted molar refractivity (Wildman–Crippen MR) is 54.6 cm³/mol. The number of hydrogen-bond acceptors (Lipinski definition) is 3. The number of carbonyl (C=O) groups excluding carboxylic acids is 2. The lowest BCUT2D eigenvalue weighted by molar-refractivity contribution is -0.130. The molecule has 0 bridgehead atoms. The fourth-order valence-corrected chi connectivity index (χ4v) is 0.963. The zero-order chi connectivity index (χ0) is 11.0. The van der Waals surface area contributed by atoms with E-state index in [4.69, 9.17) is 5.73 Å². The Hall–Kier alpha value is -1.10. The summed E-state index contributed by atoms with van der Waals surface area (Å²) in [5, 5.41) is 2.51. The number of rotatable bonds is 6. The standard InChI is InChI=1S/C9H19N3O2/c1-11-8(13)5-7-12(2)9(14)4-3-6-10/h3-7,10H2,1-2H3,(H,11,13). The Bertz CT molecular complexity index is 194. The summed E-state index contributed by atoms with van der Waals surface area (Å²) >= 11 is 0. The molecule has 0 unspecified atom stereocenters. The Morgan fingerprint density at radius 1 is 1.36 bits per heavy atom. The molecule has 0 aromatic carbocycles. The van der Waals surface area contributed by atoms with Gasteiger partial charge in [-0.2, -0.15) is 0 Å². The van der Waals surface area contributed by atoms with Gasteiger partial charge in [0.05, 0.1) is 0 Å². The molecule has 0 radical (unpaired) electrons. The van der Waals surface area contributed by atoms with Crippen LogP contribution in [0.2, 0.25) is 0 Å². The largest absolute Gasteiger partial charge is 0.359 e. The summed E-state index contributed by atoms with van der Waals surface area (Å²) in [5.74, 6) is -0.0113. The Labute approximate surface area is 84.6 Å². The van der Waals surface area contributed by atoms with E-state index in [2.05, 4.69) is 5.32 Å². The van der Waals surface area contributed by atoms with Gasteiger partial charge in [0.15, 0.2) is 0 Å². The van der Waals surface area contributed by atoms with E-state index < -0.39 is 0 Å². The SMILES string of the molecule is CNC(=O)CCN(C)C(=O)CCCN. The molecule has 0 aliphatic heterocycles. The zero-order valence-corrected chi connectivity index (χ0v) is 8.88. The van der Waals surface area contributed by atoms with Gasteiger partial charge in [-0.25, -0.2) is 0 Å². The molecule has 2 amide bonds. The van der Waals surface area contributed by atoms with Gasteiger partial charge in [-0.3, -0.25) is 9.59 Å². The quantitative estimate of drug-likeness (QED) is 0.598. The van der Waals surface area contributed by atoms with Gasteiger partial charge in [0, 0.05) is 33.5 Å². The van der Waals surface area contributed by atoms with E-state index in [1.165, 1.54) is 0 Å². The van der Waals surface area contributed by atoms with Crippen molar-refractivity contribution < 1.29 is 9.59 Å². The van der Waals surface area contributed by atoms with Crippen LogP contribution in [-0.4, -0.2) is 43.9 Å². The summed E-state index contributed by atoms with van der Waals surface area (Å²) in [7, 11) is 3.28. The normalized spacial score (nSPS) is 9.64. The highest BCUT2D eigenvalue weighted by molar-refractivity contribution is 5.78. The second-order valence-electron chi connectivity index (χ2n) is 3.13. The Balaban J connectivity index is 3.66. The fourth-order valence-electron chi connectivity index (χ4n) is 0.963. The third-order valence-corrected chi connectivity index (χ3v) is 1.97. The summed E-state index contributed by atoms with van der Waals surface area (Å²) < 4.78 is 0. The zero-order valence-electron chi connectivity index (χ0n) is 8.88. The number of nitrogens with zero attached hydrogens (tertiary/aromatic N) is 1. The van der Waals surface area contributed by atoms with E-state index in [0.717, 1.165) is 0 Å². The van der Waals surface area contributed by atoms with Gasteiger partial charge in [-0.1, -0.05) is 0 Å². The average molecular weight is 201 g/mol. The van der Waals surface area contributed by atoms with Gasteiger partial charge < -0.3 is 16.0 Å². The van der Waals surface area contributed by atoms with Crippen LogP contribution in [-0.2, 0) is 9.59 Å². The molecule has 5 nitrogen and oxygen atoms in total. The Morgan fingerprint density at radius 2 is 2.00 bits per heavy atom. The topological polar surface area (TPSA) is 75.4 Å². The van der Waals surface area contributed by atoms with Crippen LogP contribution in [0.3, 0.4) is 0 Å². The molecule has 0 saturated heterocycles. The first kappa shape index (κ1) is 12.9. The molecule has 3 N–H and O–H groups in total. The van der Waals surface area contributed by atoms with Crippen LogP contribution in [0, 0.1) is 0 Å². The summed E-state index contributed by atoms with van der Waals surface area (Å²) in [5.41, 5.74) is 5.29. The van der Waals surface area contributed by atoms with E-state index in [1.807, 2.05) is 0 Å². The van der Waals surface area contributed by atoms with Crippen molar-refractivity contribution in [1.29, 1.82) is 0 Å². The third-order valence-electron chi connectivity index (χ3n) is 1.97. The van der Waals surface area contributed by atoms with Crippen molar-refractivity contribution in [2.24, 2.45) is 5.73 Å². The smallest absolute Gasteiger partial charge is 0.222 e. The van der Waals surface area contributed by atoms with Crippen molar-refractivity contribution in [2.45, 2.75) is 19.3 Å². The molecule has 0 rings (SSSR count). The third kappa shape index (κ3) is 5.53. The maximum atomic E-state index is 11.3. The van der Waals surface area contributed by atoms with Gasteiger partial charge in [0.2, 0.25) is 11.8 Å². The first-order chi connectivity index (χ1) is 6.61. The van der Waals surface area contributed by atoms with Gasteiger partial charge in [0.1, 0.15) is 0 Å². The minimum absolute atomic E-state index is 0.0411. The van der Waals surface area contributed by atoms with Gasteiger partial charge in [-0.05, 0) is 13.0 Å². The maximum Gasteiger partial charge on any atom is 0.222 e. The van der Waals surface area contributed by atoms with Crippen LogP contribution in [0.5, 0.6) is 0 Å². The highest BCUT2D eigenvalue weighted by Gasteiger charge is 2.08. The van der Waals surface area contributed by atoms with Crippen molar-refractivity contribution in [2.75, 3.05) is 27.2 Å². The molecule has 0 spiro atoms. The summed E-state index contributed by atoms with van der Waals surface area (Å²) in [6, 6.07) is 0. The first-order valence-electron chi connectivity index (χ1n) is 4.76. The lowest BCUT2D eigenvalue weighted by Gasteiger charge is -2.16. The Kier molecular flexibility index (Phi) is 6.74. The molecule has 0 aromatic heterocycles. The van der Waals surface area contributed by atoms with Crippen molar-refractivity contribution in [1.82, 2.24) is 10.2 Å². The molecule has 0 heterocycles. The summed E-state index contributed by atoms with van der Waals surface area (Å²) in [6.07, 6.45) is 1.51. The van der Waals surface area contributed by atoms with Crippen LogP contribution in [0.1, 0.15) is 19.3 Å². The molecule has 0 saturated carbocycles. The number of carbonyl (C=O) groups is 2. The molecule has 0 aromatic rings. The number of nitrogens with one attached hydrogen (secondary N) is 1. The summed E-state index contributed by atoms with van der Waals surface area (Å²) in [6.45, 7) is 0.984. The van der Waals surface area contributed by atoms with Gasteiger partial charge in [0.25, 0.3) is 0 Å². The highest BCUT2D eigenvalue weighted by Crippen LogP contribution is 1.95. The van der Waals surface area contributed by atoms with Crippen molar-refractivity contribution in [3.05, 3.63) is 0 Å². The lowest BCUT2D eigenvalue weighted by atomic mass is 10.2. The number of nitrogens with two attached hydrogens (primary N) is 1. The molecule has 0 fully saturated rings. The molecular weight excluding hydrogens is 182 g/mol. The minimum atomic E-state index is -0.0523. The predicted octanol–water partition coefficient (Wildman–Crippen LogP) is -0.680. The molecule has 82 valence electrons. The first-order valence-corrected chi connectivity index (χ1v) is 4.76. The van der Waals surface area contributed by atoms with E-state index in [0.29, 0.717) is 32.4 Å². The van der Waals surface area contributed by atoms with Crippen LogP contribution in [0.4, 0.5) is 0 Å². The Morgan fingerprint density at radius 3 is 2.50 bits per heavy atom. The van der Waals surface area contributed by atoms with Crippen LogP contribution in [0.15, 0.2) is 0 Å². The van der Waals surface area contributed by atoms with E-state index in [-0.39, 0.29) is 11.8 Å². The monoisotopic (exact) mass is 201 g/mol. The van der Waals surface area contributed by atoms with Crippen molar-refractivity contribution in [3.8, 4) is 0 Å². The maximum absolute atomic E-state index is 11.3. The fraction of sp³-hybridized carbons (Fsp3) is 0.778. The molecular formula is C9H19N3O2. The van der Waals surface area contributed by atoms with Crippen molar-refractivity contribution in [3.63, 3.8) is 0 Å². The summed E-state index contributed by atoms with van der Waals surface area (Å²) in [4.78, 5) is 23.8. The van der Waals surface area contributed by atoms with E-state index >= 15 is 0 Å².